The van der Waals surface area contributed by atoms with E-state index in [2.05, 4.69) is 26.3 Å². The van der Waals surface area contributed by atoms with Gasteiger partial charge in [-0.1, -0.05) is 0 Å². The maximum Gasteiger partial charge on any atom is 0.374 e. The van der Waals surface area contributed by atoms with Gasteiger partial charge in [-0.2, -0.15) is 0 Å². The minimum atomic E-state index is -2.22. The Morgan fingerprint density at radius 2 is 0.917 bits per heavy atom. The second-order valence-corrected chi connectivity index (χ2v) is 8.62. The van der Waals surface area contributed by atoms with Gasteiger partial charge in [0.05, 0.1) is 0 Å². The van der Waals surface area contributed by atoms with Crippen molar-refractivity contribution in [2.45, 2.75) is 0 Å². The summed E-state index contributed by atoms with van der Waals surface area (Å²) >= 11 is 0. The molecular formula is C8H12O2Si2. The SMILES string of the molecule is C=C[Si]1(C=C)O[Si](C=C)(C=C)O1. The largest absolute Gasteiger partial charge is 0.403 e. The molecule has 0 aromatic rings. The lowest BCUT2D eigenvalue weighted by Crippen LogP contribution is -2.67. The van der Waals surface area contributed by atoms with Crippen LogP contribution in [0.1, 0.15) is 0 Å². The number of hydrogen-bond donors (Lipinski definition) is 0. The summed E-state index contributed by atoms with van der Waals surface area (Å²) in [5.41, 5.74) is 6.83. The van der Waals surface area contributed by atoms with E-state index >= 15 is 0 Å². The highest BCUT2D eigenvalue weighted by molar-refractivity contribution is 7.03. The molecule has 0 radical (unpaired) electrons. The molecule has 1 fully saturated rings. The maximum absolute atomic E-state index is 5.69. The molecule has 0 atom stereocenters. The van der Waals surface area contributed by atoms with Crippen LogP contribution in [0.25, 0.3) is 0 Å². The summed E-state index contributed by atoms with van der Waals surface area (Å²) in [4.78, 5) is 0. The molecule has 4 heteroatoms. The first kappa shape index (κ1) is 9.40. The molecule has 0 bridgehead atoms. The Labute approximate surface area is 75.0 Å². The summed E-state index contributed by atoms with van der Waals surface area (Å²) in [6, 6.07) is 0. The van der Waals surface area contributed by atoms with Gasteiger partial charge in [0.15, 0.2) is 0 Å². The Balaban J connectivity index is 2.77. The van der Waals surface area contributed by atoms with Crippen LogP contribution < -0.4 is 0 Å². The summed E-state index contributed by atoms with van der Waals surface area (Å²) in [6.45, 7) is 14.6. The Morgan fingerprint density at radius 3 is 1.08 bits per heavy atom. The van der Waals surface area contributed by atoms with Crippen LogP contribution in [0.5, 0.6) is 0 Å². The molecule has 0 aliphatic carbocycles. The average Bonchev–Trinajstić information content (AvgIpc) is 2.07. The lowest BCUT2D eigenvalue weighted by Gasteiger charge is -2.47. The second kappa shape index (κ2) is 2.98. The highest BCUT2D eigenvalue weighted by Crippen LogP contribution is 2.33. The fourth-order valence-corrected chi connectivity index (χ4v) is 8.06. The van der Waals surface area contributed by atoms with E-state index in [1.165, 1.54) is 0 Å². The molecule has 0 aromatic carbocycles. The lowest BCUT2D eigenvalue weighted by molar-refractivity contribution is 0.262. The maximum atomic E-state index is 5.69. The van der Waals surface area contributed by atoms with E-state index < -0.39 is 17.1 Å². The molecule has 0 unspecified atom stereocenters. The van der Waals surface area contributed by atoms with Crippen LogP contribution >= 0.6 is 0 Å². The fourth-order valence-electron chi connectivity index (χ4n) is 1.01. The van der Waals surface area contributed by atoms with Crippen molar-refractivity contribution in [3.05, 3.63) is 49.1 Å². The smallest absolute Gasteiger partial charge is 0.374 e. The molecule has 1 saturated heterocycles. The molecule has 2 nitrogen and oxygen atoms in total. The minimum absolute atomic E-state index is 1.71. The van der Waals surface area contributed by atoms with E-state index in [0.29, 0.717) is 0 Å². The predicted molar refractivity (Wildman–Crippen MR) is 54.5 cm³/mol. The van der Waals surface area contributed by atoms with Gasteiger partial charge in [-0.25, -0.2) is 0 Å². The molecule has 64 valence electrons. The lowest BCUT2D eigenvalue weighted by atomic mass is 11.2. The third kappa shape index (κ3) is 1.18. The zero-order valence-electron chi connectivity index (χ0n) is 6.95. The Morgan fingerprint density at radius 1 is 0.667 bits per heavy atom. The van der Waals surface area contributed by atoms with Gasteiger partial charge in [0, 0.05) is 0 Å². The van der Waals surface area contributed by atoms with Crippen LogP contribution in [0.3, 0.4) is 0 Å². The number of rotatable bonds is 4. The van der Waals surface area contributed by atoms with Crippen LogP contribution in [0.15, 0.2) is 49.1 Å². The summed E-state index contributed by atoms with van der Waals surface area (Å²) < 4.78 is 11.4. The van der Waals surface area contributed by atoms with Crippen molar-refractivity contribution >= 4 is 17.1 Å². The normalized spacial score (nSPS) is 23.3. The van der Waals surface area contributed by atoms with Gasteiger partial charge >= 0.3 is 17.1 Å². The first-order valence-electron chi connectivity index (χ1n) is 3.60. The van der Waals surface area contributed by atoms with Crippen molar-refractivity contribution in [1.82, 2.24) is 0 Å². The molecule has 1 aliphatic heterocycles. The van der Waals surface area contributed by atoms with Gasteiger partial charge in [-0.3, -0.25) is 0 Å². The molecule has 0 N–H and O–H groups in total. The molecule has 0 amide bonds. The van der Waals surface area contributed by atoms with Gasteiger partial charge in [0.25, 0.3) is 0 Å². The fraction of sp³-hybridized carbons (Fsp3) is 0. The van der Waals surface area contributed by atoms with Crippen molar-refractivity contribution < 1.29 is 8.23 Å². The summed E-state index contributed by atoms with van der Waals surface area (Å²) in [5, 5.41) is 0. The van der Waals surface area contributed by atoms with Gasteiger partial charge in [0.1, 0.15) is 0 Å². The highest BCUT2D eigenvalue weighted by atomic mass is 28.5. The third-order valence-electron chi connectivity index (χ3n) is 1.78. The van der Waals surface area contributed by atoms with E-state index in [1.807, 2.05) is 0 Å². The zero-order valence-corrected chi connectivity index (χ0v) is 8.95. The summed E-state index contributed by atoms with van der Waals surface area (Å²) in [6.07, 6.45) is 0. The molecule has 1 rings (SSSR count). The Bertz CT molecular complexity index is 197. The van der Waals surface area contributed by atoms with Gasteiger partial charge in [-0.05, 0) is 22.8 Å². The minimum Gasteiger partial charge on any atom is -0.403 e. The summed E-state index contributed by atoms with van der Waals surface area (Å²) in [7, 11) is -4.44. The first-order chi connectivity index (χ1) is 5.66. The van der Waals surface area contributed by atoms with Crippen LogP contribution in [-0.2, 0) is 8.23 Å². The van der Waals surface area contributed by atoms with Gasteiger partial charge in [-0.15, -0.1) is 26.3 Å². The van der Waals surface area contributed by atoms with Crippen molar-refractivity contribution in [3.63, 3.8) is 0 Å². The first-order valence-corrected chi connectivity index (χ1v) is 7.55. The van der Waals surface area contributed by atoms with E-state index in [4.69, 9.17) is 8.23 Å². The Hall–Kier alpha value is -0.686. The monoisotopic (exact) mass is 196 g/mol. The molecule has 1 heterocycles. The van der Waals surface area contributed by atoms with Crippen molar-refractivity contribution in [2.75, 3.05) is 0 Å². The average molecular weight is 196 g/mol. The third-order valence-corrected chi connectivity index (χ3v) is 9.16. The molecule has 0 aromatic heterocycles. The van der Waals surface area contributed by atoms with Crippen LogP contribution in [0.2, 0.25) is 0 Å². The van der Waals surface area contributed by atoms with Crippen molar-refractivity contribution in [3.8, 4) is 0 Å². The van der Waals surface area contributed by atoms with E-state index in [-0.39, 0.29) is 0 Å². The van der Waals surface area contributed by atoms with Crippen LogP contribution in [0, 0.1) is 0 Å². The quantitative estimate of drug-likeness (QED) is 0.639. The molecule has 1 aliphatic rings. The molecule has 0 spiro atoms. The highest BCUT2D eigenvalue weighted by Gasteiger charge is 2.56. The van der Waals surface area contributed by atoms with Gasteiger partial charge < -0.3 is 8.23 Å². The molecule has 0 saturated carbocycles. The predicted octanol–water partition coefficient (Wildman–Crippen LogP) is 1.82. The Kier molecular flexibility index (Phi) is 2.34. The van der Waals surface area contributed by atoms with Crippen LogP contribution in [0.4, 0.5) is 0 Å². The van der Waals surface area contributed by atoms with Crippen LogP contribution in [-0.4, -0.2) is 17.1 Å². The van der Waals surface area contributed by atoms with E-state index in [0.717, 1.165) is 0 Å². The molecular weight excluding hydrogens is 184 g/mol. The number of hydrogen-bond acceptors (Lipinski definition) is 2. The summed E-state index contributed by atoms with van der Waals surface area (Å²) in [5.74, 6) is 0. The van der Waals surface area contributed by atoms with Crippen molar-refractivity contribution in [2.24, 2.45) is 0 Å². The van der Waals surface area contributed by atoms with E-state index in [1.54, 1.807) is 22.8 Å². The topological polar surface area (TPSA) is 18.5 Å². The van der Waals surface area contributed by atoms with Crippen molar-refractivity contribution in [1.29, 1.82) is 0 Å². The second-order valence-electron chi connectivity index (χ2n) is 2.46. The van der Waals surface area contributed by atoms with E-state index in [9.17, 15) is 0 Å². The molecule has 12 heavy (non-hydrogen) atoms. The standard InChI is InChI=1S/C8H12O2Si2/c1-5-11(6-2)9-12(7-3,8-4)10-11/h5-8H,1-4H2. The zero-order chi connectivity index (χ0) is 9.24. The van der Waals surface area contributed by atoms with Gasteiger partial charge in [0.2, 0.25) is 0 Å².